The van der Waals surface area contributed by atoms with E-state index in [4.69, 9.17) is 5.11 Å². The van der Waals surface area contributed by atoms with Crippen molar-refractivity contribution in [2.45, 2.75) is 32.6 Å². The van der Waals surface area contributed by atoms with Crippen LogP contribution in [0.3, 0.4) is 0 Å². The molecule has 0 amide bonds. The standard InChI is InChI=1S/C12H15FO2/c1-8(2)10-5-3-4-9(12(10)13)6-7-11(14)15/h3-5,8H,6-7H2,1-2H3,(H,14,15). The highest BCUT2D eigenvalue weighted by Gasteiger charge is 2.11. The molecule has 2 nitrogen and oxygen atoms in total. The van der Waals surface area contributed by atoms with Crippen LogP contribution >= 0.6 is 0 Å². The van der Waals surface area contributed by atoms with Crippen molar-refractivity contribution in [2.24, 2.45) is 0 Å². The Labute approximate surface area is 88.7 Å². The van der Waals surface area contributed by atoms with Crippen LogP contribution in [0.5, 0.6) is 0 Å². The second-order valence-corrected chi connectivity index (χ2v) is 3.87. The number of carbonyl (C=O) groups is 1. The molecule has 0 radical (unpaired) electrons. The lowest BCUT2D eigenvalue weighted by Crippen LogP contribution is -2.02. The third-order valence-corrected chi connectivity index (χ3v) is 2.34. The second-order valence-electron chi connectivity index (χ2n) is 3.87. The van der Waals surface area contributed by atoms with Gasteiger partial charge in [-0.2, -0.15) is 0 Å². The SMILES string of the molecule is CC(C)c1cccc(CCC(=O)O)c1F. The van der Waals surface area contributed by atoms with Gasteiger partial charge in [-0.25, -0.2) is 4.39 Å². The maximum atomic E-state index is 13.8. The normalized spacial score (nSPS) is 10.7. The summed E-state index contributed by atoms with van der Waals surface area (Å²) in [6.07, 6.45) is 0.222. The zero-order valence-corrected chi connectivity index (χ0v) is 8.96. The van der Waals surface area contributed by atoms with Crippen molar-refractivity contribution in [3.63, 3.8) is 0 Å². The van der Waals surface area contributed by atoms with E-state index in [1.807, 2.05) is 13.8 Å². The third-order valence-electron chi connectivity index (χ3n) is 2.34. The van der Waals surface area contributed by atoms with Crippen LogP contribution in [-0.4, -0.2) is 11.1 Å². The Morgan fingerprint density at radius 2 is 2.13 bits per heavy atom. The first-order valence-corrected chi connectivity index (χ1v) is 5.01. The minimum absolute atomic E-state index is 0.0293. The van der Waals surface area contributed by atoms with Crippen molar-refractivity contribution in [2.75, 3.05) is 0 Å². The summed E-state index contributed by atoms with van der Waals surface area (Å²) in [5.74, 6) is -1.03. The molecule has 15 heavy (non-hydrogen) atoms. The molecule has 0 spiro atoms. The van der Waals surface area contributed by atoms with E-state index in [1.54, 1.807) is 18.2 Å². The van der Waals surface area contributed by atoms with Gasteiger partial charge in [-0.1, -0.05) is 32.0 Å². The fourth-order valence-corrected chi connectivity index (χ4v) is 1.48. The van der Waals surface area contributed by atoms with Crippen molar-refractivity contribution < 1.29 is 14.3 Å². The van der Waals surface area contributed by atoms with Gasteiger partial charge in [0.1, 0.15) is 5.82 Å². The zero-order valence-electron chi connectivity index (χ0n) is 8.96. The van der Waals surface area contributed by atoms with Gasteiger partial charge in [-0.05, 0) is 23.5 Å². The lowest BCUT2D eigenvalue weighted by molar-refractivity contribution is -0.136. The summed E-state index contributed by atoms with van der Waals surface area (Å²) >= 11 is 0. The number of hydrogen-bond acceptors (Lipinski definition) is 1. The number of halogens is 1. The molecule has 0 aliphatic rings. The lowest BCUT2D eigenvalue weighted by atomic mass is 9.98. The van der Waals surface area contributed by atoms with E-state index >= 15 is 0 Å². The Morgan fingerprint density at radius 1 is 1.47 bits per heavy atom. The quantitative estimate of drug-likeness (QED) is 0.829. The molecule has 0 aliphatic heterocycles. The molecule has 0 aromatic heterocycles. The summed E-state index contributed by atoms with van der Waals surface area (Å²) < 4.78 is 13.8. The molecule has 0 saturated carbocycles. The molecule has 1 N–H and O–H groups in total. The third kappa shape index (κ3) is 3.05. The predicted octanol–water partition coefficient (Wildman–Crippen LogP) is 2.97. The molecule has 1 aromatic carbocycles. The highest BCUT2D eigenvalue weighted by atomic mass is 19.1. The minimum Gasteiger partial charge on any atom is -0.481 e. The van der Waals surface area contributed by atoms with E-state index in [1.165, 1.54) is 0 Å². The van der Waals surface area contributed by atoms with Crippen LogP contribution in [0.1, 0.15) is 37.3 Å². The van der Waals surface area contributed by atoms with Crippen LogP contribution < -0.4 is 0 Å². The average Bonchev–Trinajstić information content (AvgIpc) is 2.15. The van der Waals surface area contributed by atoms with E-state index in [0.29, 0.717) is 11.1 Å². The molecule has 1 rings (SSSR count). The fourth-order valence-electron chi connectivity index (χ4n) is 1.48. The number of rotatable bonds is 4. The second kappa shape index (κ2) is 4.91. The van der Waals surface area contributed by atoms with Gasteiger partial charge in [0.15, 0.2) is 0 Å². The van der Waals surface area contributed by atoms with Crippen LogP contribution in [0.2, 0.25) is 0 Å². The first-order chi connectivity index (χ1) is 7.02. The molecule has 0 atom stereocenters. The molecule has 0 unspecified atom stereocenters. The first kappa shape index (κ1) is 11.7. The molecular formula is C12H15FO2. The largest absolute Gasteiger partial charge is 0.481 e. The molecule has 82 valence electrons. The lowest BCUT2D eigenvalue weighted by Gasteiger charge is -2.10. The summed E-state index contributed by atoms with van der Waals surface area (Å²) in [7, 11) is 0. The van der Waals surface area contributed by atoms with Gasteiger partial charge in [-0.3, -0.25) is 4.79 Å². The van der Waals surface area contributed by atoms with Gasteiger partial charge >= 0.3 is 5.97 Å². The Bertz CT molecular complexity index is 359. The summed E-state index contributed by atoms with van der Waals surface area (Å²) in [4.78, 5) is 10.4. The first-order valence-electron chi connectivity index (χ1n) is 5.01. The molecule has 0 aliphatic carbocycles. The van der Waals surface area contributed by atoms with Crippen molar-refractivity contribution >= 4 is 5.97 Å². The highest BCUT2D eigenvalue weighted by molar-refractivity contribution is 5.67. The van der Waals surface area contributed by atoms with Crippen molar-refractivity contribution in [3.8, 4) is 0 Å². The van der Waals surface area contributed by atoms with Crippen molar-refractivity contribution in [3.05, 3.63) is 35.1 Å². The number of hydrogen-bond donors (Lipinski definition) is 1. The van der Waals surface area contributed by atoms with Crippen LogP contribution in [0.25, 0.3) is 0 Å². The topological polar surface area (TPSA) is 37.3 Å². The van der Waals surface area contributed by atoms with Crippen molar-refractivity contribution in [1.82, 2.24) is 0 Å². The van der Waals surface area contributed by atoms with Crippen LogP contribution in [-0.2, 0) is 11.2 Å². The van der Waals surface area contributed by atoms with Gasteiger partial charge < -0.3 is 5.11 Å². The summed E-state index contributed by atoms with van der Waals surface area (Å²) in [5, 5.41) is 8.52. The molecular weight excluding hydrogens is 195 g/mol. The van der Waals surface area contributed by atoms with E-state index in [9.17, 15) is 9.18 Å². The molecule has 0 saturated heterocycles. The molecule has 0 heterocycles. The van der Waals surface area contributed by atoms with E-state index in [0.717, 1.165) is 0 Å². The predicted molar refractivity (Wildman–Crippen MR) is 56.4 cm³/mol. The number of carboxylic acid groups (broad SMARTS) is 1. The van der Waals surface area contributed by atoms with E-state index < -0.39 is 5.97 Å². The zero-order chi connectivity index (χ0) is 11.4. The highest BCUT2D eigenvalue weighted by Crippen LogP contribution is 2.21. The summed E-state index contributed by atoms with van der Waals surface area (Å²) in [5.41, 5.74) is 1.14. The molecule has 1 aromatic rings. The van der Waals surface area contributed by atoms with Gasteiger partial charge in [-0.15, -0.1) is 0 Å². The number of benzene rings is 1. The Hall–Kier alpha value is -1.38. The number of aryl methyl sites for hydroxylation is 1. The van der Waals surface area contributed by atoms with E-state index in [-0.39, 0.29) is 24.6 Å². The monoisotopic (exact) mass is 210 g/mol. The Morgan fingerprint density at radius 3 is 2.67 bits per heavy atom. The van der Waals surface area contributed by atoms with Gasteiger partial charge in [0.25, 0.3) is 0 Å². The van der Waals surface area contributed by atoms with E-state index in [2.05, 4.69) is 0 Å². The fraction of sp³-hybridized carbons (Fsp3) is 0.417. The molecule has 0 bridgehead atoms. The van der Waals surface area contributed by atoms with Crippen molar-refractivity contribution in [1.29, 1.82) is 0 Å². The smallest absolute Gasteiger partial charge is 0.303 e. The van der Waals surface area contributed by atoms with Crippen LogP contribution in [0.4, 0.5) is 4.39 Å². The molecule has 0 fully saturated rings. The Kier molecular flexibility index (Phi) is 3.83. The maximum Gasteiger partial charge on any atom is 0.303 e. The maximum absolute atomic E-state index is 13.8. The number of aliphatic carboxylic acids is 1. The number of carboxylic acids is 1. The van der Waals surface area contributed by atoms with Gasteiger partial charge in [0.2, 0.25) is 0 Å². The minimum atomic E-state index is -0.899. The van der Waals surface area contributed by atoms with Crippen LogP contribution in [0.15, 0.2) is 18.2 Å². The van der Waals surface area contributed by atoms with Gasteiger partial charge in [0, 0.05) is 6.42 Å². The van der Waals surface area contributed by atoms with Gasteiger partial charge in [0.05, 0.1) is 0 Å². The summed E-state index contributed by atoms with van der Waals surface area (Å²) in [6, 6.07) is 5.16. The van der Waals surface area contributed by atoms with Crippen LogP contribution in [0, 0.1) is 5.82 Å². The average molecular weight is 210 g/mol. The summed E-state index contributed by atoms with van der Waals surface area (Å²) in [6.45, 7) is 3.83. The Balaban J connectivity index is 2.89. The molecule has 3 heteroatoms.